The molecular formula is C8H15BN2O4. The molecule has 0 unspecified atom stereocenters. The van der Waals surface area contributed by atoms with Crippen molar-refractivity contribution in [3.8, 4) is 0 Å². The van der Waals surface area contributed by atoms with Crippen LogP contribution in [0.1, 0.15) is 6.92 Å². The van der Waals surface area contributed by atoms with E-state index in [1.54, 1.807) is 12.3 Å². The Kier molecular flexibility index (Phi) is 5.20. The number of rotatable bonds is 6. The minimum absolute atomic E-state index is 0.375. The zero-order chi connectivity index (χ0) is 11.1. The van der Waals surface area contributed by atoms with Gasteiger partial charge in [0.2, 0.25) is 0 Å². The number of nitrogens with one attached hydrogen (secondary N) is 1. The third-order valence-corrected chi connectivity index (χ3v) is 1.72. The predicted molar refractivity (Wildman–Crippen MR) is 54.8 cm³/mol. The summed E-state index contributed by atoms with van der Waals surface area (Å²) in [7, 11) is -1.47. The number of hydrogen-bond donors (Lipinski definition) is 3. The van der Waals surface area contributed by atoms with Gasteiger partial charge < -0.3 is 14.8 Å². The fourth-order valence-corrected chi connectivity index (χ4v) is 0.963. The van der Waals surface area contributed by atoms with Crippen LogP contribution in [0.2, 0.25) is 0 Å². The van der Waals surface area contributed by atoms with Crippen molar-refractivity contribution >= 4 is 7.12 Å². The van der Waals surface area contributed by atoms with Crippen molar-refractivity contribution in [1.29, 1.82) is 0 Å². The van der Waals surface area contributed by atoms with E-state index in [1.165, 1.54) is 11.4 Å². The second-order valence-corrected chi connectivity index (χ2v) is 2.82. The smallest absolute Gasteiger partial charge is 0.423 e. The Morgan fingerprint density at radius 2 is 2.27 bits per heavy atom. The summed E-state index contributed by atoms with van der Waals surface area (Å²) < 4.78 is 5.08. The summed E-state index contributed by atoms with van der Waals surface area (Å²) in [5.74, 6) is 0. The largest absolute Gasteiger partial charge is 0.490 e. The van der Waals surface area contributed by atoms with Gasteiger partial charge in [-0.3, -0.25) is 10.3 Å². The summed E-state index contributed by atoms with van der Waals surface area (Å²) in [4.78, 5) is 5.22. The van der Waals surface area contributed by atoms with Crippen molar-refractivity contribution in [3.63, 3.8) is 0 Å². The third-order valence-electron chi connectivity index (χ3n) is 1.72. The van der Waals surface area contributed by atoms with Crippen LogP contribution >= 0.6 is 0 Å². The predicted octanol–water partition coefficient (Wildman–Crippen LogP) is -0.816. The van der Waals surface area contributed by atoms with E-state index in [-0.39, 0.29) is 0 Å². The summed E-state index contributed by atoms with van der Waals surface area (Å²) in [6, 6.07) is 0. The molecule has 0 radical (unpaired) electrons. The zero-order valence-corrected chi connectivity index (χ0v) is 8.59. The summed E-state index contributed by atoms with van der Waals surface area (Å²) in [6.45, 7) is 3.52. The van der Waals surface area contributed by atoms with E-state index in [1.807, 2.05) is 6.92 Å². The van der Waals surface area contributed by atoms with Gasteiger partial charge in [-0.05, 0) is 13.0 Å². The SMILES string of the molecule is CCOCCON1C=CC(B(O)O)=CN1. The standard InChI is InChI=1S/C8H15BN2O4/c1-2-14-5-6-15-11-4-3-8(7-10-11)9(12)13/h3-4,7,10,12-13H,2,5-6H2,1H3. The van der Waals surface area contributed by atoms with Crippen LogP contribution in [0, 0.1) is 0 Å². The molecule has 0 saturated heterocycles. The molecule has 1 heterocycles. The minimum atomic E-state index is -1.47. The van der Waals surface area contributed by atoms with Gasteiger partial charge in [0, 0.05) is 18.3 Å². The second-order valence-electron chi connectivity index (χ2n) is 2.82. The highest BCUT2D eigenvalue weighted by Gasteiger charge is 2.15. The van der Waals surface area contributed by atoms with Gasteiger partial charge in [0.25, 0.3) is 0 Å². The van der Waals surface area contributed by atoms with Crippen LogP contribution in [0.4, 0.5) is 0 Å². The van der Waals surface area contributed by atoms with E-state index in [9.17, 15) is 0 Å². The molecular weight excluding hydrogens is 199 g/mol. The van der Waals surface area contributed by atoms with E-state index in [0.29, 0.717) is 25.3 Å². The lowest BCUT2D eigenvalue weighted by Crippen LogP contribution is -2.34. The molecule has 0 aliphatic carbocycles. The fraction of sp³-hybridized carbons (Fsp3) is 0.500. The Bertz CT molecular complexity index is 245. The Labute approximate surface area is 88.9 Å². The molecule has 6 nitrogen and oxygen atoms in total. The molecule has 1 aliphatic rings. The van der Waals surface area contributed by atoms with Gasteiger partial charge in [-0.25, -0.2) is 0 Å². The average Bonchev–Trinajstić information content (AvgIpc) is 2.25. The average molecular weight is 214 g/mol. The quantitative estimate of drug-likeness (QED) is 0.396. The van der Waals surface area contributed by atoms with Crippen LogP contribution in [0.25, 0.3) is 0 Å². The first kappa shape index (κ1) is 12.1. The maximum atomic E-state index is 8.83. The molecule has 3 N–H and O–H groups in total. The van der Waals surface area contributed by atoms with Crippen molar-refractivity contribution in [3.05, 3.63) is 23.9 Å². The van der Waals surface area contributed by atoms with Gasteiger partial charge in [-0.1, -0.05) is 0 Å². The summed E-state index contributed by atoms with van der Waals surface area (Å²) >= 11 is 0. The van der Waals surface area contributed by atoms with Crippen molar-refractivity contribution in [2.75, 3.05) is 19.8 Å². The van der Waals surface area contributed by atoms with E-state index in [0.717, 1.165) is 0 Å². The van der Waals surface area contributed by atoms with E-state index in [4.69, 9.17) is 19.6 Å². The Morgan fingerprint density at radius 3 is 2.80 bits per heavy atom. The molecule has 84 valence electrons. The van der Waals surface area contributed by atoms with E-state index < -0.39 is 7.12 Å². The third kappa shape index (κ3) is 4.35. The number of hydrazine groups is 1. The first-order chi connectivity index (χ1) is 7.24. The van der Waals surface area contributed by atoms with Crippen LogP contribution in [0.3, 0.4) is 0 Å². The topological polar surface area (TPSA) is 74.2 Å². The lowest BCUT2D eigenvalue weighted by atomic mass is 9.80. The molecule has 0 bridgehead atoms. The molecule has 0 spiro atoms. The minimum Gasteiger partial charge on any atom is -0.423 e. The summed E-state index contributed by atoms with van der Waals surface area (Å²) in [5.41, 5.74) is 3.09. The summed E-state index contributed by atoms with van der Waals surface area (Å²) in [5, 5.41) is 19.0. The van der Waals surface area contributed by atoms with Gasteiger partial charge >= 0.3 is 7.12 Å². The summed E-state index contributed by atoms with van der Waals surface area (Å²) in [6.07, 6.45) is 4.55. The van der Waals surface area contributed by atoms with Gasteiger partial charge in [-0.2, -0.15) is 5.17 Å². The molecule has 0 amide bonds. The second kappa shape index (κ2) is 6.47. The monoisotopic (exact) mass is 214 g/mol. The Morgan fingerprint density at radius 1 is 1.47 bits per heavy atom. The molecule has 0 saturated carbocycles. The normalized spacial score (nSPS) is 14.9. The van der Waals surface area contributed by atoms with Crippen molar-refractivity contribution in [2.24, 2.45) is 0 Å². The number of nitrogens with zero attached hydrogens (tertiary/aromatic N) is 1. The van der Waals surface area contributed by atoms with E-state index >= 15 is 0 Å². The molecule has 15 heavy (non-hydrogen) atoms. The Balaban J connectivity index is 2.18. The maximum Gasteiger partial charge on any atom is 0.490 e. The van der Waals surface area contributed by atoms with Gasteiger partial charge in [0.15, 0.2) is 0 Å². The molecule has 0 aromatic carbocycles. The van der Waals surface area contributed by atoms with Crippen molar-refractivity contribution in [1.82, 2.24) is 10.6 Å². The number of hydroxylamine groups is 1. The molecule has 7 heteroatoms. The van der Waals surface area contributed by atoms with Crippen LogP contribution in [-0.4, -0.2) is 42.2 Å². The highest BCUT2D eigenvalue weighted by atomic mass is 16.7. The van der Waals surface area contributed by atoms with Crippen LogP contribution in [-0.2, 0) is 9.57 Å². The van der Waals surface area contributed by atoms with Crippen LogP contribution in [0.15, 0.2) is 23.9 Å². The molecule has 1 aliphatic heterocycles. The van der Waals surface area contributed by atoms with Crippen LogP contribution < -0.4 is 5.43 Å². The number of allylic oxidation sites excluding steroid dienone is 2. The Hall–Kier alpha value is -1.02. The highest BCUT2D eigenvalue weighted by molar-refractivity contribution is 6.51. The highest BCUT2D eigenvalue weighted by Crippen LogP contribution is 2.04. The van der Waals surface area contributed by atoms with Gasteiger partial charge in [0.1, 0.15) is 6.61 Å². The number of hydrogen-bond acceptors (Lipinski definition) is 6. The molecule has 0 atom stereocenters. The molecule has 0 fully saturated rings. The van der Waals surface area contributed by atoms with Gasteiger partial charge in [0.05, 0.1) is 12.8 Å². The lowest BCUT2D eigenvalue weighted by molar-refractivity contribution is -0.159. The zero-order valence-electron chi connectivity index (χ0n) is 8.59. The van der Waals surface area contributed by atoms with Crippen LogP contribution in [0.5, 0.6) is 0 Å². The van der Waals surface area contributed by atoms with Gasteiger partial charge in [-0.15, -0.1) is 0 Å². The first-order valence-electron chi connectivity index (χ1n) is 4.74. The molecule has 0 aromatic heterocycles. The first-order valence-corrected chi connectivity index (χ1v) is 4.74. The molecule has 1 rings (SSSR count). The fourth-order valence-electron chi connectivity index (χ4n) is 0.963. The van der Waals surface area contributed by atoms with E-state index in [2.05, 4.69) is 5.43 Å². The van der Waals surface area contributed by atoms with Crippen molar-refractivity contribution < 1.29 is 19.6 Å². The lowest BCUT2D eigenvalue weighted by Gasteiger charge is -2.22. The maximum absolute atomic E-state index is 8.83. The molecule has 0 aromatic rings. The number of ether oxygens (including phenoxy) is 1. The van der Waals surface area contributed by atoms with Crippen molar-refractivity contribution in [2.45, 2.75) is 6.92 Å².